The van der Waals surface area contributed by atoms with E-state index in [1.807, 2.05) is 18.2 Å². The molecule has 2 fully saturated rings. The van der Waals surface area contributed by atoms with Crippen LogP contribution in [0.5, 0.6) is 0 Å². The second kappa shape index (κ2) is 5.28. The van der Waals surface area contributed by atoms with Crippen molar-refractivity contribution in [3.8, 4) is 0 Å². The molecule has 21 heavy (non-hydrogen) atoms. The van der Waals surface area contributed by atoms with Gasteiger partial charge in [-0.2, -0.15) is 0 Å². The second-order valence-electron chi connectivity index (χ2n) is 7.95. The molecule has 2 aliphatic rings. The SMILES string of the molecule is CC1(C)CC2CC(C)(CCN2C(=S)Nc2ccccc2)C1. The Hall–Kier alpha value is -1.09. The Bertz CT molecular complexity index is 523. The van der Waals surface area contributed by atoms with Crippen LogP contribution in [0.4, 0.5) is 5.69 Å². The highest BCUT2D eigenvalue weighted by atomic mass is 32.1. The topological polar surface area (TPSA) is 15.3 Å². The highest BCUT2D eigenvalue weighted by Gasteiger charge is 2.46. The number of benzene rings is 1. The van der Waals surface area contributed by atoms with Gasteiger partial charge in [0, 0.05) is 18.3 Å². The second-order valence-corrected chi connectivity index (χ2v) is 8.34. The summed E-state index contributed by atoms with van der Waals surface area (Å²) in [5.41, 5.74) is 2.02. The molecular formula is C18H26N2S. The molecule has 114 valence electrons. The van der Waals surface area contributed by atoms with Crippen LogP contribution in [0.15, 0.2) is 30.3 Å². The zero-order valence-electron chi connectivity index (χ0n) is 13.4. The molecule has 1 aromatic carbocycles. The molecule has 0 radical (unpaired) electrons. The summed E-state index contributed by atoms with van der Waals surface area (Å²) < 4.78 is 0. The van der Waals surface area contributed by atoms with Crippen LogP contribution in [-0.2, 0) is 0 Å². The number of fused-ring (bicyclic) bond motifs is 2. The van der Waals surface area contributed by atoms with Crippen LogP contribution < -0.4 is 5.32 Å². The van der Waals surface area contributed by atoms with Crippen molar-refractivity contribution in [2.24, 2.45) is 10.8 Å². The van der Waals surface area contributed by atoms with Gasteiger partial charge in [0.2, 0.25) is 0 Å². The monoisotopic (exact) mass is 302 g/mol. The van der Waals surface area contributed by atoms with Crippen LogP contribution in [0.25, 0.3) is 0 Å². The number of nitrogens with one attached hydrogen (secondary N) is 1. The minimum absolute atomic E-state index is 0.429. The van der Waals surface area contributed by atoms with Gasteiger partial charge in [-0.25, -0.2) is 0 Å². The smallest absolute Gasteiger partial charge is 0.173 e. The van der Waals surface area contributed by atoms with Crippen molar-refractivity contribution in [1.29, 1.82) is 0 Å². The Morgan fingerprint density at radius 1 is 1.19 bits per heavy atom. The van der Waals surface area contributed by atoms with Crippen molar-refractivity contribution < 1.29 is 0 Å². The fourth-order valence-corrected chi connectivity index (χ4v) is 4.90. The number of anilines is 1. The van der Waals surface area contributed by atoms with Gasteiger partial charge in [0.25, 0.3) is 0 Å². The molecule has 1 N–H and O–H groups in total. The fourth-order valence-electron chi connectivity index (χ4n) is 4.55. The summed E-state index contributed by atoms with van der Waals surface area (Å²) >= 11 is 5.69. The molecule has 1 aliphatic heterocycles. The van der Waals surface area contributed by atoms with Gasteiger partial charge >= 0.3 is 0 Å². The summed E-state index contributed by atoms with van der Waals surface area (Å²) in [6.45, 7) is 8.38. The van der Waals surface area contributed by atoms with E-state index in [0.29, 0.717) is 16.9 Å². The van der Waals surface area contributed by atoms with Crippen molar-refractivity contribution >= 4 is 23.0 Å². The first-order valence-corrected chi connectivity index (χ1v) is 8.41. The van der Waals surface area contributed by atoms with Crippen molar-refractivity contribution in [3.05, 3.63) is 30.3 Å². The summed E-state index contributed by atoms with van der Waals surface area (Å²) in [4.78, 5) is 2.44. The Kier molecular flexibility index (Phi) is 3.73. The quantitative estimate of drug-likeness (QED) is 0.759. The summed E-state index contributed by atoms with van der Waals surface area (Å²) in [5.74, 6) is 0. The Balaban J connectivity index is 1.73. The first-order chi connectivity index (χ1) is 9.87. The molecule has 1 heterocycles. The minimum Gasteiger partial charge on any atom is -0.346 e. The van der Waals surface area contributed by atoms with Gasteiger partial charge in [-0.1, -0.05) is 39.0 Å². The van der Waals surface area contributed by atoms with Gasteiger partial charge in [0.1, 0.15) is 0 Å². The van der Waals surface area contributed by atoms with Gasteiger partial charge in [0.05, 0.1) is 0 Å². The number of piperidine rings is 1. The molecule has 2 nitrogen and oxygen atoms in total. The zero-order chi connectivity index (χ0) is 15.1. The van der Waals surface area contributed by atoms with Crippen molar-refractivity contribution in [2.75, 3.05) is 11.9 Å². The molecule has 0 amide bonds. The number of para-hydroxylation sites is 1. The van der Waals surface area contributed by atoms with E-state index >= 15 is 0 Å². The van der Waals surface area contributed by atoms with E-state index in [4.69, 9.17) is 12.2 Å². The summed E-state index contributed by atoms with van der Waals surface area (Å²) in [6.07, 6.45) is 5.14. The molecule has 3 heteroatoms. The number of likely N-dealkylation sites (tertiary alicyclic amines) is 1. The third-order valence-electron chi connectivity index (χ3n) is 5.10. The molecule has 0 spiro atoms. The zero-order valence-corrected chi connectivity index (χ0v) is 14.2. The lowest BCUT2D eigenvalue weighted by molar-refractivity contribution is -0.00575. The van der Waals surface area contributed by atoms with Crippen molar-refractivity contribution in [2.45, 2.75) is 52.5 Å². The molecule has 0 aromatic heterocycles. The number of rotatable bonds is 1. The first-order valence-electron chi connectivity index (χ1n) is 8.00. The van der Waals surface area contributed by atoms with Crippen LogP contribution in [-0.4, -0.2) is 22.6 Å². The predicted octanol–water partition coefficient (Wildman–Crippen LogP) is 4.67. The molecule has 2 bridgehead atoms. The lowest BCUT2D eigenvalue weighted by Gasteiger charge is -2.55. The third kappa shape index (κ3) is 3.23. The van der Waals surface area contributed by atoms with E-state index in [1.54, 1.807) is 0 Å². The van der Waals surface area contributed by atoms with E-state index in [2.05, 4.69) is 43.1 Å². The van der Waals surface area contributed by atoms with Gasteiger partial charge in [0.15, 0.2) is 5.11 Å². The van der Waals surface area contributed by atoms with Crippen LogP contribution in [0.3, 0.4) is 0 Å². The molecule has 1 saturated heterocycles. The average Bonchev–Trinajstić information content (AvgIpc) is 2.37. The molecule has 1 saturated carbocycles. The van der Waals surface area contributed by atoms with Crippen LogP contribution in [0, 0.1) is 10.8 Å². The van der Waals surface area contributed by atoms with Gasteiger partial charge < -0.3 is 10.2 Å². The Labute approximate surface area is 133 Å². The van der Waals surface area contributed by atoms with E-state index in [-0.39, 0.29) is 0 Å². The molecular weight excluding hydrogens is 276 g/mol. The van der Waals surface area contributed by atoms with Gasteiger partial charge in [-0.15, -0.1) is 0 Å². The Morgan fingerprint density at radius 3 is 2.62 bits per heavy atom. The van der Waals surface area contributed by atoms with E-state index < -0.39 is 0 Å². The predicted molar refractivity (Wildman–Crippen MR) is 93.5 cm³/mol. The minimum atomic E-state index is 0.429. The van der Waals surface area contributed by atoms with Crippen molar-refractivity contribution in [1.82, 2.24) is 4.90 Å². The Morgan fingerprint density at radius 2 is 1.90 bits per heavy atom. The molecule has 1 aliphatic carbocycles. The number of hydrogen-bond donors (Lipinski definition) is 1. The summed E-state index contributed by atoms with van der Waals surface area (Å²) in [5, 5.41) is 4.31. The standard InChI is InChI=1S/C18H26N2S/c1-17(2)11-15-12-18(3,13-17)9-10-20(15)16(21)19-14-7-5-4-6-8-14/h4-8,15H,9-13H2,1-3H3,(H,19,21). The van der Waals surface area contributed by atoms with Gasteiger partial charge in [-0.3, -0.25) is 0 Å². The highest BCUT2D eigenvalue weighted by Crippen LogP contribution is 2.51. The fraction of sp³-hybridized carbons (Fsp3) is 0.611. The molecule has 3 rings (SSSR count). The molecule has 2 unspecified atom stereocenters. The van der Waals surface area contributed by atoms with E-state index in [9.17, 15) is 0 Å². The first kappa shape index (κ1) is 14.8. The lowest BCUT2D eigenvalue weighted by Crippen LogP contribution is -2.55. The number of hydrogen-bond acceptors (Lipinski definition) is 1. The maximum Gasteiger partial charge on any atom is 0.173 e. The van der Waals surface area contributed by atoms with Crippen LogP contribution >= 0.6 is 12.2 Å². The summed E-state index contributed by atoms with van der Waals surface area (Å²) in [6, 6.07) is 10.9. The average molecular weight is 302 g/mol. The summed E-state index contributed by atoms with van der Waals surface area (Å²) in [7, 11) is 0. The van der Waals surface area contributed by atoms with Crippen molar-refractivity contribution in [3.63, 3.8) is 0 Å². The largest absolute Gasteiger partial charge is 0.346 e. The normalized spacial score (nSPS) is 30.8. The molecule has 2 atom stereocenters. The van der Waals surface area contributed by atoms with Crippen LogP contribution in [0.1, 0.15) is 46.5 Å². The molecule has 1 aromatic rings. The van der Waals surface area contributed by atoms with Crippen LogP contribution in [0.2, 0.25) is 0 Å². The third-order valence-corrected chi connectivity index (χ3v) is 5.44. The highest BCUT2D eigenvalue weighted by molar-refractivity contribution is 7.80. The maximum atomic E-state index is 5.69. The number of thiocarbonyl (C=S) groups is 1. The number of nitrogens with zero attached hydrogens (tertiary/aromatic N) is 1. The maximum absolute atomic E-state index is 5.69. The van der Waals surface area contributed by atoms with E-state index in [0.717, 1.165) is 17.3 Å². The van der Waals surface area contributed by atoms with Gasteiger partial charge in [-0.05, 0) is 60.9 Å². The van der Waals surface area contributed by atoms with E-state index in [1.165, 1.54) is 25.7 Å². The lowest BCUT2D eigenvalue weighted by atomic mass is 9.59.